The zero-order chi connectivity index (χ0) is 13.5. The minimum absolute atomic E-state index is 0.464. The first-order chi connectivity index (χ1) is 9.31. The fourth-order valence-corrected chi connectivity index (χ4v) is 3.15. The smallest absolute Gasteiger partial charge is 0.0576 e. The van der Waals surface area contributed by atoms with Crippen LogP contribution < -0.4 is 5.32 Å². The number of hydrogen-bond donors (Lipinski definition) is 1. The minimum atomic E-state index is 0.464. The molecule has 2 heteroatoms. The molecule has 19 heavy (non-hydrogen) atoms. The van der Waals surface area contributed by atoms with Crippen molar-refractivity contribution in [2.45, 2.75) is 51.2 Å². The molecule has 0 aliphatic carbocycles. The third kappa shape index (κ3) is 4.32. The van der Waals surface area contributed by atoms with Crippen LogP contribution in [0.15, 0.2) is 30.3 Å². The third-order valence-corrected chi connectivity index (χ3v) is 4.25. The summed E-state index contributed by atoms with van der Waals surface area (Å²) in [6, 6.07) is 11.2. The van der Waals surface area contributed by atoms with E-state index in [4.69, 9.17) is 4.74 Å². The van der Waals surface area contributed by atoms with Gasteiger partial charge in [0.1, 0.15) is 0 Å². The maximum absolute atomic E-state index is 5.69. The Kier molecular flexibility index (Phi) is 5.87. The Labute approximate surface area is 117 Å². The highest BCUT2D eigenvalue weighted by molar-refractivity contribution is 5.19. The molecule has 1 saturated heterocycles. The first kappa shape index (κ1) is 14.5. The van der Waals surface area contributed by atoms with Gasteiger partial charge in [-0.15, -0.1) is 0 Å². The van der Waals surface area contributed by atoms with Crippen LogP contribution in [0.3, 0.4) is 0 Å². The van der Waals surface area contributed by atoms with E-state index in [9.17, 15) is 0 Å². The first-order valence-corrected chi connectivity index (χ1v) is 7.65. The third-order valence-electron chi connectivity index (χ3n) is 4.25. The molecular weight excluding hydrogens is 234 g/mol. The first-order valence-electron chi connectivity index (χ1n) is 7.65. The summed E-state index contributed by atoms with van der Waals surface area (Å²) in [6.07, 6.45) is 6.83. The summed E-state index contributed by atoms with van der Waals surface area (Å²) in [5.74, 6) is 0.661. The van der Waals surface area contributed by atoms with Gasteiger partial charge in [0.2, 0.25) is 0 Å². The maximum Gasteiger partial charge on any atom is 0.0576 e. The van der Waals surface area contributed by atoms with Crippen molar-refractivity contribution in [3.63, 3.8) is 0 Å². The molecule has 0 aromatic heterocycles. The maximum atomic E-state index is 5.69. The lowest BCUT2D eigenvalue weighted by Crippen LogP contribution is -2.23. The summed E-state index contributed by atoms with van der Waals surface area (Å²) < 4.78 is 5.69. The van der Waals surface area contributed by atoms with Crippen LogP contribution in [0, 0.1) is 5.92 Å². The number of ether oxygens (including phenoxy) is 1. The van der Waals surface area contributed by atoms with E-state index < -0.39 is 0 Å². The molecule has 1 heterocycles. The predicted molar refractivity (Wildman–Crippen MR) is 80.2 cm³/mol. The molecule has 2 nitrogen and oxygen atoms in total. The Morgan fingerprint density at radius 3 is 2.74 bits per heavy atom. The van der Waals surface area contributed by atoms with Crippen LogP contribution in [0.4, 0.5) is 0 Å². The topological polar surface area (TPSA) is 21.3 Å². The molecule has 1 N–H and O–H groups in total. The molecule has 0 radical (unpaired) electrons. The fourth-order valence-electron chi connectivity index (χ4n) is 3.15. The number of hydrogen-bond acceptors (Lipinski definition) is 2. The summed E-state index contributed by atoms with van der Waals surface area (Å²) in [5.41, 5.74) is 1.40. The second-order valence-corrected chi connectivity index (χ2v) is 5.72. The average Bonchev–Trinajstić information content (AvgIpc) is 2.94. The molecular formula is C17H27NO. The van der Waals surface area contributed by atoms with Gasteiger partial charge in [0.05, 0.1) is 6.10 Å². The van der Waals surface area contributed by atoms with Gasteiger partial charge < -0.3 is 10.1 Å². The molecule has 3 atom stereocenters. The molecule has 0 amide bonds. The van der Waals surface area contributed by atoms with Gasteiger partial charge >= 0.3 is 0 Å². The Bertz CT molecular complexity index is 346. The quantitative estimate of drug-likeness (QED) is 0.803. The SMILES string of the molecule is CNC(c1ccccc1)C(C)CCCC1CCCO1. The van der Waals surface area contributed by atoms with E-state index in [0.717, 1.165) is 6.61 Å². The lowest BCUT2D eigenvalue weighted by Gasteiger charge is -2.24. The molecule has 1 aliphatic heterocycles. The van der Waals surface area contributed by atoms with Crippen LogP contribution in [0.1, 0.15) is 50.6 Å². The lowest BCUT2D eigenvalue weighted by atomic mass is 9.90. The monoisotopic (exact) mass is 261 g/mol. The van der Waals surface area contributed by atoms with Crippen LogP contribution in [-0.4, -0.2) is 19.8 Å². The fraction of sp³-hybridized carbons (Fsp3) is 0.647. The van der Waals surface area contributed by atoms with E-state index >= 15 is 0 Å². The van der Waals surface area contributed by atoms with Crippen molar-refractivity contribution in [3.8, 4) is 0 Å². The van der Waals surface area contributed by atoms with E-state index in [0.29, 0.717) is 18.1 Å². The van der Waals surface area contributed by atoms with Crippen molar-refractivity contribution in [1.29, 1.82) is 0 Å². The summed E-state index contributed by atoms with van der Waals surface area (Å²) >= 11 is 0. The van der Waals surface area contributed by atoms with Crippen LogP contribution in [0.25, 0.3) is 0 Å². The van der Waals surface area contributed by atoms with E-state index in [1.54, 1.807) is 0 Å². The molecule has 0 bridgehead atoms. The van der Waals surface area contributed by atoms with Crippen molar-refractivity contribution in [2.75, 3.05) is 13.7 Å². The van der Waals surface area contributed by atoms with Gasteiger partial charge in [-0.3, -0.25) is 0 Å². The summed E-state index contributed by atoms with van der Waals surface area (Å²) in [7, 11) is 2.06. The molecule has 106 valence electrons. The Morgan fingerprint density at radius 1 is 1.32 bits per heavy atom. The number of benzene rings is 1. The van der Waals surface area contributed by atoms with Gasteiger partial charge in [-0.1, -0.05) is 43.7 Å². The van der Waals surface area contributed by atoms with Crippen LogP contribution >= 0.6 is 0 Å². The molecule has 0 saturated carbocycles. The van der Waals surface area contributed by atoms with E-state index in [1.165, 1.54) is 37.7 Å². The molecule has 0 spiro atoms. The Hall–Kier alpha value is -0.860. The van der Waals surface area contributed by atoms with E-state index in [2.05, 4.69) is 49.6 Å². The Morgan fingerprint density at radius 2 is 2.11 bits per heavy atom. The minimum Gasteiger partial charge on any atom is -0.378 e. The predicted octanol–water partition coefficient (Wildman–Crippen LogP) is 3.93. The van der Waals surface area contributed by atoms with Gasteiger partial charge in [-0.25, -0.2) is 0 Å². The van der Waals surface area contributed by atoms with Crippen LogP contribution in [0.2, 0.25) is 0 Å². The number of nitrogens with one attached hydrogen (secondary N) is 1. The highest BCUT2D eigenvalue weighted by Gasteiger charge is 2.19. The van der Waals surface area contributed by atoms with Gasteiger partial charge in [-0.05, 0) is 44.2 Å². The average molecular weight is 261 g/mol. The van der Waals surface area contributed by atoms with Crippen LogP contribution in [0.5, 0.6) is 0 Å². The van der Waals surface area contributed by atoms with Gasteiger partial charge in [0, 0.05) is 12.6 Å². The van der Waals surface area contributed by atoms with Gasteiger partial charge in [-0.2, -0.15) is 0 Å². The molecule has 1 aromatic carbocycles. The Balaban J connectivity index is 1.78. The molecule has 3 unspecified atom stereocenters. The zero-order valence-electron chi connectivity index (χ0n) is 12.3. The number of rotatable bonds is 7. The van der Waals surface area contributed by atoms with Crippen molar-refractivity contribution in [1.82, 2.24) is 5.32 Å². The second kappa shape index (κ2) is 7.66. The molecule has 2 rings (SSSR count). The van der Waals surface area contributed by atoms with Crippen molar-refractivity contribution >= 4 is 0 Å². The van der Waals surface area contributed by atoms with Crippen molar-refractivity contribution in [2.24, 2.45) is 5.92 Å². The van der Waals surface area contributed by atoms with E-state index in [1.807, 2.05) is 0 Å². The van der Waals surface area contributed by atoms with Crippen LogP contribution in [-0.2, 0) is 4.74 Å². The normalized spacial score (nSPS) is 22.3. The van der Waals surface area contributed by atoms with Crippen molar-refractivity contribution < 1.29 is 4.74 Å². The summed E-state index contributed by atoms with van der Waals surface area (Å²) in [5, 5.41) is 3.47. The van der Waals surface area contributed by atoms with Gasteiger partial charge in [0.15, 0.2) is 0 Å². The summed E-state index contributed by atoms with van der Waals surface area (Å²) in [6.45, 7) is 3.33. The zero-order valence-corrected chi connectivity index (χ0v) is 12.3. The largest absolute Gasteiger partial charge is 0.378 e. The van der Waals surface area contributed by atoms with E-state index in [-0.39, 0.29) is 0 Å². The highest BCUT2D eigenvalue weighted by Crippen LogP contribution is 2.27. The standard InChI is InChI=1S/C17H27NO/c1-14(8-6-11-16-12-7-13-19-16)17(18-2)15-9-4-3-5-10-15/h3-5,9-10,14,16-18H,6-8,11-13H2,1-2H3. The molecule has 1 fully saturated rings. The highest BCUT2D eigenvalue weighted by atomic mass is 16.5. The van der Waals surface area contributed by atoms with Crippen molar-refractivity contribution in [3.05, 3.63) is 35.9 Å². The van der Waals surface area contributed by atoms with Gasteiger partial charge in [0.25, 0.3) is 0 Å². The molecule has 1 aliphatic rings. The second-order valence-electron chi connectivity index (χ2n) is 5.72. The lowest BCUT2D eigenvalue weighted by molar-refractivity contribution is 0.100. The molecule has 1 aromatic rings. The summed E-state index contributed by atoms with van der Waals surface area (Å²) in [4.78, 5) is 0.